The van der Waals surface area contributed by atoms with Gasteiger partial charge in [0.1, 0.15) is 0 Å². The Morgan fingerprint density at radius 1 is 0.763 bits per heavy atom. The molecule has 0 bridgehead atoms. The minimum absolute atomic E-state index is 0.00337. The molecule has 0 aliphatic heterocycles. The second-order valence-electron chi connectivity index (χ2n) is 13.4. The summed E-state index contributed by atoms with van der Waals surface area (Å²) in [5.74, 6) is 0.0221. The molecule has 2 atom stereocenters. The van der Waals surface area contributed by atoms with Gasteiger partial charge in [0.25, 0.3) is 0 Å². The van der Waals surface area contributed by atoms with Crippen LogP contribution < -0.4 is 0 Å². The summed E-state index contributed by atoms with van der Waals surface area (Å²) in [4.78, 5) is 13.0. The molecule has 0 spiro atoms. The molecule has 4 heteroatoms. The Morgan fingerprint density at radius 3 is 1.95 bits per heavy atom. The summed E-state index contributed by atoms with van der Waals surface area (Å²) in [6.45, 7) is 25.1. The van der Waals surface area contributed by atoms with Gasteiger partial charge in [-0.05, 0) is 70.8 Å². The normalized spacial score (nSPS) is 14.8. The van der Waals surface area contributed by atoms with Crippen LogP contribution in [0.3, 0.4) is 0 Å². The zero-order valence-electron chi connectivity index (χ0n) is 25.8. The Balaban J connectivity index is 1.89. The third-order valence-corrected chi connectivity index (χ3v) is 8.54. The highest BCUT2D eigenvalue weighted by atomic mass is 16.5. The third kappa shape index (κ3) is 8.76. The Bertz CT molecular complexity index is 1010. The molecule has 0 N–H and O–H groups in total. The highest BCUT2D eigenvalue weighted by Crippen LogP contribution is 2.41. The lowest BCUT2D eigenvalue weighted by Crippen LogP contribution is -2.47. The quantitative estimate of drug-likeness (QED) is 0.232. The predicted octanol–water partition coefficient (Wildman–Crippen LogP) is 8.65. The van der Waals surface area contributed by atoms with Crippen molar-refractivity contribution in [1.29, 1.82) is 0 Å². The number of hydrogen-bond donors (Lipinski definition) is 0. The van der Waals surface area contributed by atoms with Crippen molar-refractivity contribution in [2.45, 2.75) is 119 Å². The monoisotopic (exact) mass is 524 g/mol. The minimum Gasteiger partial charge on any atom is -0.375 e. The molecule has 0 saturated heterocycles. The number of hydrogen-bond acceptors (Lipinski definition) is 4. The average molecular weight is 525 g/mol. The van der Waals surface area contributed by atoms with Crippen LogP contribution in [0.5, 0.6) is 0 Å². The van der Waals surface area contributed by atoms with E-state index in [0.29, 0.717) is 24.3 Å². The van der Waals surface area contributed by atoms with Gasteiger partial charge in [0, 0.05) is 17.7 Å². The van der Waals surface area contributed by atoms with Crippen LogP contribution in [0.25, 0.3) is 0 Å². The number of carbonyl (C=O) groups excluding carboxylic acids is 1. The molecule has 0 aromatic heterocycles. The number of rotatable bonds is 14. The van der Waals surface area contributed by atoms with Gasteiger partial charge in [0.15, 0.2) is 5.78 Å². The first-order valence-electron chi connectivity index (χ1n) is 14.1. The Hall–Kier alpha value is -2.01. The van der Waals surface area contributed by atoms with Gasteiger partial charge in [-0.3, -0.25) is 4.79 Å². The molecule has 0 heterocycles. The first kappa shape index (κ1) is 32.2. The highest BCUT2D eigenvalue weighted by molar-refractivity contribution is 6.09. The van der Waals surface area contributed by atoms with Crippen LogP contribution in [0.2, 0.25) is 0 Å². The fraction of sp³-hybridized carbons (Fsp3) is 0.618. The number of ketones is 1. The molecule has 2 unspecified atom stereocenters. The lowest BCUT2D eigenvalue weighted by atomic mass is 9.73. The molecule has 212 valence electrons. The van der Waals surface area contributed by atoms with Crippen molar-refractivity contribution in [1.82, 2.24) is 0 Å². The maximum Gasteiger partial charge on any atom is 0.193 e. The molecular formula is C34H52O4. The number of benzene rings is 2. The summed E-state index contributed by atoms with van der Waals surface area (Å²) in [6.07, 6.45) is 1.79. The molecule has 38 heavy (non-hydrogen) atoms. The van der Waals surface area contributed by atoms with Gasteiger partial charge >= 0.3 is 0 Å². The topological polar surface area (TPSA) is 44.8 Å². The van der Waals surface area contributed by atoms with Crippen LogP contribution in [0.1, 0.15) is 110 Å². The van der Waals surface area contributed by atoms with Crippen molar-refractivity contribution in [3.05, 3.63) is 71.3 Å². The molecule has 0 radical (unpaired) electrons. The van der Waals surface area contributed by atoms with Crippen LogP contribution in [0.4, 0.5) is 0 Å². The van der Waals surface area contributed by atoms with Crippen molar-refractivity contribution in [2.24, 2.45) is 10.8 Å². The molecule has 0 fully saturated rings. The zero-order valence-corrected chi connectivity index (χ0v) is 25.8. The lowest BCUT2D eigenvalue weighted by molar-refractivity contribution is -0.160. The Morgan fingerprint density at radius 2 is 1.34 bits per heavy atom. The van der Waals surface area contributed by atoms with Crippen LogP contribution in [-0.4, -0.2) is 35.8 Å². The van der Waals surface area contributed by atoms with E-state index in [9.17, 15) is 4.79 Å². The largest absolute Gasteiger partial charge is 0.375 e. The predicted molar refractivity (Wildman–Crippen MR) is 158 cm³/mol. The van der Waals surface area contributed by atoms with E-state index >= 15 is 0 Å². The van der Waals surface area contributed by atoms with Crippen molar-refractivity contribution in [3.63, 3.8) is 0 Å². The van der Waals surface area contributed by atoms with E-state index in [-0.39, 0.29) is 40.0 Å². The van der Waals surface area contributed by atoms with Crippen molar-refractivity contribution < 1.29 is 19.0 Å². The molecule has 4 nitrogen and oxygen atoms in total. The first-order chi connectivity index (χ1) is 17.5. The van der Waals surface area contributed by atoms with E-state index in [0.717, 1.165) is 18.4 Å². The van der Waals surface area contributed by atoms with Crippen LogP contribution in [-0.2, 0) is 20.8 Å². The van der Waals surface area contributed by atoms with E-state index in [1.807, 2.05) is 54.6 Å². The van der Waals surface area contributed by atoms with Crippen LogP contribution in [0, 0.1) is 10.8 Å². The van der Waals surface area contributed by atoms with Gasteiger partial charge < -0.3 is 14.2 Å². The summed E-state index contributed by atoms with van der Waals surface area (Å²) in [5, 5.41) is 0. The van der Waals surface area contributed by atoms with Crippen molar-refractivity contribution in [2.75, 3.05) is 6.61 Å². The van der Waals surface area contributed by atoms with Crippen LogP contribution in [0.15, 0.2) is 54.6 Å². The highest BCUT2D eigenvalue weighted by Gasteiger charge is 2.41. The standard InChI is InChI=1S/C34H52O4/c1-25(36-24-28-19-15-16-20-29(28)30(35)27-17-13-12-14-18-27)21-22-37-34(10,11)32(6,7)23-26(2)38-33(8,9)31(3,4)5/h12-20,25-26H,21-24H2,1-11H3. The minimum atomic E-state index is -0.328. The first-order valence-corrected chi connectivity index (χ1v) is 14.1. The maximum atomic E-state index is 13.0. The second-order valence-corrected chi connectivity index (χ2v) is 13.4. The molecule has 0 aliphatic rings. The van der Waals surface area contributed by atoms with E-state index in [1.54, 1.807) is 0 Å². The van der Waals surface area contributed by atoms with E-state index in [2.05, 4.69) is 76.2 Å². The van der Waals surface area contributed by atoms with E-state index in [1.165, 1.54) is 0 Å². The summed E-state index contributed by atoms with van der Waals surface area (Å²) >= 11 is 0. The molecular weight excluding hydrogens is 472 g/mol. The molecule has 0 amide bonds. The van der Waals surface area contributed by atoms with Gasteiger partial charge in [-0.15, -0.1) is 0 Å². The van der Waals surface area contributed by atoms with E-state index in [4.69, 9.17) is 14.2 Å². The fourth-order valence-corrected chi connectivity index (χ4v) is 4.29. The summed E-state index contributed by atoms with van der Waals surface area (Å²) in [6, 6.07) is 17.1. The van der Waals surface area contributed by atoms with Gasteiger partial charge in [0.2, 0.25) is 0 Å². The average Bonchev–Trinajstić information content (AvgIpc) is 2.81. The van der Waals surface area contributed by atoms with Gasteiger partial charge in [-0.25, -0.2) is 0 Å². The summed E-state index contributed by atoms with van der Waals surface area (Å²) in [5.41, 5.74) is 1.71. The van der Waals surface area contributed by atoms with Gasteiger partial charge in [-0.2, -0.15) is 0 Å². The molecule has 0 aliphatic carbocycles. The summed E-state index contributed by atoms with van der Waals surface area (Å²) < 4.78 is 19.1. The third-order valence-electron chi connectivity index (χ3n) is 8.54. The molecule has 2 aromatic carbocycles. The Kier molecular flexibility index (Phi) is 10.9. The van der Waals surface area contributed by atoms with Crippen molar-refractivity contribution in [3.8, 4) is 0 Å². The van der Waals surface area contributed by atoms with Gasteiger partial charge in [0.05, 0.1) is 30.0 Å². The summed E-state index contributed by atoms with van der Waals surface area (Å²) in [7, 11) is 0. The molecule has 2 rings (SSSR count). The smallest absolute Gasteiger partial charge is 0.193 e. The zero-order chi connectivity index (χ0) is 28.8. The van der Waals surface area contributed by atoms with Gasteiger partial charge in [-0.1, -0.05) is 89.2 Å². The molecule has 2 aromatic rings. The molecule has 0 saturated carbocycles. The Labute approximate surface area is 232 Å². The second kappa shape index (κ2) is 12.9. The SMILES string of the molecule is CC(CCOC(C)(C)C(C)(C)CC(C)OC(C)(C)C(C)(C)C)OCc1ccccc1C(=O)c1ccccc1. The van der Waals surface area contributed by atoms with Crippen molar-refractivity contribution >= 4 is 5.78 Å². The number of carbonyl (C=O) groups is 1. The maximum absolute atomic E-state index is 13.0. The fourth-order valence-electron chi connectivity index (χ4n) is 4.29. The number of ether oxygens (including phenoxy) is 3. The van der Waals surface area contributed by atoms with E-state index < -0.39 is 0 Å². The van der Waals surface area contributed by atoms with Crippen LogP contribution >= 0.6 is 0 Å². The lowest BCUT2D eigenvalue weighted by Gasteiger charge is -2.46.